The summed E-state index contributed by atoms with van der Waals surface area (Å²) in [7, 11) is 0. The van der Waals surface area contributed by atoms with Gasteiger partial charge < -0.3 is 9.47 Å². The Kier molecular flexibility index (Phi) is 5.22. The van der Waals surface area contributed by atoms with Crippen LogP contribution in [0.25, 0.3) is 6.08 Å². The number of hydrogen-bond donors (Lipinski definition) is 0. The van der Waals surface area contributed by atoms with Crippen LogP contribution in [0.5, 0.6) is 11.5 Å². The zero-order valence-electron chi connectivity index (χ0n) is 16.8. The molecule has 2 heterocycles. The lowest BCUT2D eigenvalue weighted by molar-refractivity contribution is 0.0872. The summed E-state index contributed by atoms with van der Waals surface area (Å²) in [6.07, 6.45) is 1.75. The van der Waals surface area contributed by atoms with Crippen LogP contribution < -0.4 is 9.47 Å². The lowest BCUT2D eigenvalue weighted by Crippen LogP contribution is -2.31. The third-order valence-electron chi connectivity index (χ3n) is 5.47. The molecule has 0 amide bonds. The normalized spacial score (nSPS) is 16.6. The molecule has 0 atom stereocenters. The van der Waals surface area contributed by atoms with Crippen molar-refractivity contribution in [3.05, 3.63) is 98.2 Å². The highest BCUT2D eigenvalue weighted by molar-refractivity contribution is 6.30. The molecule has 4 nitrogen and oxygen atoms in total. The molecule has 3 aromatic rings. The van der Waals surface area contributed by atoms with Crippen molar-refractivity contribution in [1.82, 2.24) is 4.90 Å². The molecule has 5 rings (SSSR count). The lowest BCUT2D eigenvalue weighted by atomic mass is 9.98. The van der Waals surface area contributed by atoms with Gasteiger partial charge in [0.1, 0.15) is 18.2 Å². The smallest absolute Gasteiger partial charge is 0.232 e. The summed E-state index contributed by atoms with van der Waals surface area (Å²) >= 11 is 12.0. The summed E-state index contributed by atoms with van der Waals surface area (Å²) in [5.41, 5.74) is 4.35. The zero-order chi connectivity index (χ0) is 21.5. The third-order valence-corrected chi connectivity index (χ3v) is 5.98. The van der Waals surface area contributed by atoms with Crippen LogP contribution in [0.3, 0.4) is 0 Å². The van der Waals surface area contributed by atoms with E-state index in [2.05, 4.69) is 4.90 Å². The van der Waals surface area contributed by atoms with Crippen LogP contribution in [-0.4, -0.2) is 17.4 Å². The number of ether oxygens (including phenoxy) is 2. The van der Waals surface area contributed by atoms with Gasteiger partial charge >= 0.3 is 0 Å². The van der Waals surface area contributed by atoms with E-state index in [4.69, 9.17) is 32.7 Å². The Hall–Kier alpha value is -2.79. The third kappa shape index (κ3) is 3.94. The number of fused-ring (bicyclic) bond motifs is 3. The van der Waals surface area contributed by atoms with Crippen molar-refractivity contribution >= 4 is 35.1 Å². The minimum atomic E-state index is -0.111. The van der Waals surface area contributed by atoms with Gasteiger partial charge in [0.2, 0.25) is 5.78 Å². The topological polar surface area (TPSA) is 38.8 Å². The molecule has 0 N–H and O–H groups in total. The van der Waals surface area contributed by atoms with Gasteiger partial charge in [-0.25, -0.2) is 0 Å². The average molecular weight is 452 g/mol. The molecule has 0 radical (unpaired) electrons. The van der Waals surface area contributed by atoms with Crippen LogP contribution in [0.2, 0.25) is 10.0 Å². The maximum atomic E-state index is 13.1. The van der Waals surface area contributed by atoms with E-state index in [1.54, 1.807) is 18.2 Å². The molecule has 31 heavy (non-hydrogen) atoms. The van der Waals surface area contributed by atoms with Crippen molar-refractivity contribution < 1.29 is 14.3 Å². The Bertz CT molecular complexity index is 1200. The summed E-state index contributed by atoms with van der Waals surface area (Å²) in [5.74, 6) is 1.56. The number of Topliss-reactive ketones (excluding diaryl/α,β-unsaturated/α-hetero) is 1. The van der Waals surface area contributed by atoms with Crippen molar-refractivity contribution in [2.24, 2.45) is 0 Å². The van der Waals surface area contributed by atoms with Crippen LogP contribution in [-0.2, 0) is 13.1 Å². The van der Waals surface area contributed by atoms with Crippen molar-refractivity contribution in [3.8, 4) is 11.5 Å². The minimum absolute atomic E-state index is 0.111. The molecular weight excluding hydrogens is 433 g/mol. The first kappa shape index (κ1) is 20.1. The van der Waals surface area contributed by atoms with Gasteiger partial charge in [0.05, 0.1) is 11.1 Å². The second kappa shape index (κ2) is 8.04. The molecular formula is C25H19Cl2NO3. The van der Waals surface area contributed by atoms with Crippen molar-refractivity contribution in [1.29, 1.82) is 0 Å². The molecule has 0 unspecified atom stereocenters. The molecule has 0 saturated heterocycles. The largest absolute Gasteiger partial charge is 0.478 e. The molecule has 6 heteroatoms. The van der Waals surface area contributed by atoms with Gasteiger partial charge in [0.25, 0.3) is 0 Å². The fourth-order valence-electron chi connectivity index (χ4n) is 3.94. The average Bonchev–Trinajstić information content (AvgIpc) is 3.09. The number of carbonyl (C=O) groups excluding carboxylic acids is 1. The Morgan fingerprint density at radius 1 is 1.03 bits per heavy atom. The van der Waals surface area contributed by atoms with Gasteiger partial charge in [-0.1, -0.05) is 47.5 Å². The summed E-state index contributed by atoms with van der Waals surface area (Å²) in [4.78, 5) is 15.3. The van der Waals surface area contributed by atoms with E-state index in [9.17, 15) is 4.79 Å². The van der Waals surface area contributed by atoms with Crippen LogP contribution in [0, 0.1) is 6.92 Å². The maximum Gasteiger partial charge on any atom is 0.232 e. The first-order valence-electron chi connectivity index (χ1n) is 9.94. The molecule has 0 spiro atoms. The van der Waals surface area contributed by atoms with Gasteiger partial charge in [0.15, 0.2) is 5.76 Å². The summed E-state index contributed by atoms with van der Waals surface area (Å²) in [6, 6.07) is 17.0. The Labute approximate surface area is 190 Å². The standard InChI is InChI=1S/C25H19Cl2NO3/c1-15-10-21-20(13-28(14-30-21)12-17-4-8-19(27)9-5-17)25-23(15)24(29)22(31-25)11-16-2-6-18(26)7-3-16/h2-11H,12-14H2,1H3/b22-11-. The van der Waals surface area contributed by atoms with Crippen LogP contribution in [0.15, 0.2) is 60.4 Å². The van der Waals surface area contributed by atoms with E-state index < -0.39 is 0 Å². The van der Waals surface area contributed by atoms with Gasteiger partial charge in [-0.15, -0.1) is 0 Å². The van der Waals surface area contributed by atoms with Crippen molar-refractivity contribution in [2.45, 2.75) is 20.0 Å². The Morgan fingerprint density at radius 2 is 1.71 bits per heavy atom. The predicted molar refractivity (Wildman–Crippen MR) is 122 cm³/mol. The minimum Gasteiger partial charge on any atom is -0.478 e. The van der Waals surface area contributed by atoms with E-state index in [0.29, 0.717) is 46.9 Å². The summed E-state index contributed by atoms with van der Waals surface area (Å²) in [5, 5.41) is 1.36. The number of hydrogen-bond acceptors (Lipinski definition) is 4. The lowest BCUT2D eigenvalue weighted by Gasteiger charge is -2.30. The number of rotatable bonds is 3. The van der Waals surface area contributed by atoms with Gasteiger partial charge in [0, 0.05) is 23.1 Å². The molecule has 0 aliphatic carbocycles. The highest BCUT2D eigenvalue weighted by Gasteiger charge is 2.35. The SMILES string of the molecule is Cc1cc2c(c3c1C(=O)/C(=C/c1ccc(Cl)cc1)O3)CN(Cc1ccc(Cl)cc1)CO2. The molecule has 3 aromatic carbocycles. The maximum absolute atomic E-state index is 13.1. The monoisotopic (exact) mass is 451 g/mol. The number of allylic oxidation sites excluding steroid dienone is 1. The second-order valence-electron chi connectivity index (χ2n) is 7.75. The number of aryl methyl sites for hydroxylation is 1. The Balaban J connectivity index is 1.45. The number of carbonyl (C=O) groups is 1. The predicted octanol–water partition coefficient (Wildman–Crippen LogP) is 6.27. The Morgan fingerprint density at radius 3 is 2.42 bits per heavy atom. The molecule has 0 fully saturated rings. The van der Waals surface area contributed by atoms with Crippen molar-refractivity contribution in [2.75, 3.05) is 6.73 Å². The van der Waals surface area contributed by atoms with Gasteiger partial charge in [-0.05, 0) is 60.0 Å². The number of nitrogens with zero attached hydrogens (tertiary/aromatic N) is 1. The number of halogens is 2. The molecule has 156 valence electrons. The van der Waals surface area contributed by atoms with Crippen LogP contribution >= 0.6 is 23.2 Å². The first-order chi connectivity index (χ1) is 15.0. The molecule has 0 aromatic heterocycles. The number of benzene rings is 3. The molecule has 2 aliphatic heterocycles. The quantitative estimate of drug-likeness (QED) is 0.439. The van der Waals surface area contributed by atoms with Crippen molar-refractivity contribution in [3.63, 3.8) is 0 Å². The first-order valence-corrected chi connectivity index (χ1v) is 10.7. The van der Waals surface area contributed by atoms with Crippen LogP contribution in [0.1, 0.15) is 32.6 Å². The summed E-state index contributed by atoms with van der Waals surface area (Å²) < 4.78 is 12.1. The molecule has 0 bridgehead atoms. The van der Waals surface area contributed by atoms with E-state index in [1.807, 2.05) is 49.4 Å². The van der Waals surface area contributed by atoms with E-state index in [-0.39, 0.29) is 5.78 Å². The van der Waals surface area contributed by atoms with Crippen LogP contribution in [0.4, 0.5) is 0 Å². The molecule has 0 saturated carbocycles. The zero-order valence-corrected chi connectivity index (χ0v) is 18.3. The fourth-order valence-corrected chi connectivity index (χ4v) is 4.19. The highest BCUT2D eigenvalue weighted by atomic mass is 35.5. The van der Waals surface area contributed by atoms with E-state index >= 15 is 0 Å². The van der Waals surface area contributed by atoms with E-state index in [1.165, 1.54) is 0 Å². The van der Waals surface area contributed by atoms with Gasteiger partial charge in [-0.3, -0.25) is 9.69 Å². The van der Waals surface area contributed by atoms with E-state index in [0.717, 1.165) is 28.0 Å². The fraction of sp³-hybridized carbons (Fsp3) is 0.160. The summed E-state index contributed by atoms with van der Waals surface area (Å²) in [6.45, 7) is 3.72. The van der Waals surface area contributed by atoms with Gasteiger partial charge in [-0.2, -0.15) is 0 Å². The highest BCUT2D eigenvalue weighted by Crippen LogP contribution is 2.44. The number of ketones is 1. The second-order valence-corrected chi connectivity index (χ2v) is 8.63. The molecule has 2 aliphatic rings.